The summed E-state index contributed by atoms with van der Waals surface area (Å²) >= 11 is 11.5. The molecule has 2 N–H and O–H groups in total. The topological polar surface area (TPSA) is 75.3 Å². The SMILES string of the molecule is O=C(NCCNS(=O)(=O)c1cccc(Cl)c1)c1ccc(Cl)cc1. The molecule has 1 amide bonds. The maximum atomic E-state index is 12.0. The van der Waals surface area contributed by atoms with Gasteiger partial charge in [-0.3, -0.25) is 4.79 Å². The number of carbonyl (C=O) groups is 1. The molecule has 0 aromatic heterocycles. The smallest absolute Gasteiger partial charge is 0.251 e. The number of hydrogen-bond acceptors (Lipinski definition) is 3. The Hall–Kier alpha value is -1.60. The van der Waals surface area contributed by atoms with Gasteiger partial charge in [-0.25, -0.2) is 13.1 Å². The van der Waals surface area contributed by atoms with Crippen LogP contribution >= 0.6 is 23.2 Å². The summed E-state index contributed by atoms with van der Waals surface area (Å²) < 4.78 is 26.5. The van der Waals surface area contributed by atoms with Crippen LogP contribution in [0.4, 0.5) is 0 Å². The number of amides is 1. The van der Waals surface area contributed by atoms with E-state index in [1.807, 2.05) is 0 Å². The first kappa shape index (κ1) is 17.7. The van der Waals surface area contributed by atoms with E-state index in [0.29, 0.717) is 15.6 Å². The van der Waals surface area contributed by atoms with E-state index in [9.17, 15) is 13.2 Å². The van der Waals surface area contributed by atoms with Gasteiger partial charge in [0.15, 0.2) is 0 Å². The van der Waals surface area contributed by atoms with Crippen molar-refractivity contribution in [1.29, 1.82) is 0 Å². The Labute approximate surface area is 144 Å². The van der Waals surface area contributed by atoms with Crippen molar-refractivity contribution in [2.45, 2.75) is 4.90 Å². The third-order valence-electron chi connectivity index (χ3n) is 2.92. The van der Waals surface area contributed by atoms with Crippen molar-refractivity contribution >= 4 is 39.1 Å². The van der Waals surface area contributed by atoms with Crippen LogP contribution in [0.5, 0.6) is 0 Å². The predicted octanol–water partition coefficient (Wildman–Crippen LogP) is 2.70. The average Bonchev–Trinajstić information content (AvgIpc) is 2.52. The number of hydrogen-bond donors (Lipinski definition) is 2. The van der Waals surface area contributed by atoms with E-state index >= 15 is 0 Å². The van der Waals surface area contributed by atoms with Crippen LogP contribution in [-0.2, 0) is 10.0 Å². The summed E-state index contributed by atoms with van der Waals surface area (Å²) in [7, 11) is -3.65. The summed E-state index contributed by atoms with van der Waals surface area (Å²) in [5, 5.41) is 3.49. The number of sulfonamides is 1. The molecule has 2 aromatic rings. The van der Waals surface area contributed by atoms with E-state index in [-0.39, 0.29) is 23.9 Å². The molecule has 0 radical (unpaired) electrons. The van der Waals surface area contributed by atoms with E-state index in [1.54, 1.807) is 36.4 Å². The summed E-state index contributed by atoms with van der Waals surface area (Å²) in [4.78, 5) is 11.9. The van der Waals surface area contributed by atoms with E-state index in [1.165, 1.54) is 12.1 Å². The minimum absolute atomic E-state index is 0.0637. The van der Waals surface area contributed by atoms with Crippen LogP contribution in [-0.4, -0.2) is 27.4 Å². The zero-order valence-corrected chi connectivity index (χ0v) is 14.3. The molecule has 2 rings (SSSR count). The molecule has 0 aliphatic rings. The molecule has 8 heteroatoms. The Morgan fingerprint density at radius 1 is 0.957 bits per heavy atom. The second kappa shape index (κ2) is 7.79. The number of rotatable bonds is 6. The fourth-order valence-corrected chi connectivity index (χ4v) is 3.24. The Kier molecular flexibility index (Phi) is 6.01. The molecule has 0 aliphatic carbocycles. The lowest BCUT2D eigenvalue weighted by molar-refractivity contribution is 0.0954. The van der Waals surface area contributed by atoms with Crippen LogP contribution in [0.25, 0.3) is 0 Å². The minimum Gasteiger partial charge on any atom is -0.351 e. The van der Waals surface area contributed by atoms with Crippen LogP contribution < -0.4 is 10.0 Å². The molecule has 0 atom stereocenters. The zero-order valence-electron chi connectivity index (χ0n) is 11.9. The van der Waals surface area contributed by atoms with Crippen molar-refractivity contribution in [2.75, 3.05) is 13.1 Å². The summed E-state index contributed by atoms with van der Waals surface area (Å²) in [5.41, 5.74) is 0.451. The van der Waals surface area contributed by atoms with Crippen molar-refractivity contribution in [3.8, 4) is 0 Å². The lowest BCUT2D eigenvalue weighted by Crippen LogP contribution is -2.34. The zero-order chi connectivity index (χ0) is 16.9. The summed E-state index contributed by atoms with van der Waals surface area (Å²) in [6, 6.07) is 12.3. The summed E-state index contributed by atoms with van der Waals surface area (Å²) in [5.74, 6) is -0.302. The number of benzene rings is 2. The summed E-state index contributed by atoms with van der Waals surface area (Å²) in [6.07, 6.45) is 0. The third-order valence-corrected chi connectivity index (χ3v) is 4.86. The second-order valence-corrected chi connectivity index (χ2v) is 7.26. The second-order valence-electron chi connectivity index (χ2n) is 4.62. The van der Waals surface area contributed by atoms with Crippen molar-refractivity contribution in [2.24, 2.45) is 0 Å². The first-order valence-electron chi connectivity index (χ1n) is 6.67. The number of nitrogens with one attached hydrogen (secondary N) is 2. The first-order chi connectivity index (χ1) is 10.9. The molecule has 0 saturated heterocycles. The van der Waals surface area contributed by atoms with Crippen LogP contribution in [0.2, 0.25) is 10.0 Å². The van der Waals surface area contributed by atoms with Gasteiger partial charge in [-0.15, -0.1) is 0 Å². The highest BCUT2D eigenvalue weighted by atomic mass is 35.5. The van der Waals surface area contributed by atoms with Crippen molar-refractivity contribution < 1.29 is 13.2 Å². The average molecular weight is 373 g/mol. The van der Waals surface area contributed by atoms with E-state index in [0.717, 1.165) is 0 Å². The van der Waals surface area contributed by atoms with Crippen LogP contribution in [0.15, 0.2) is 53.4 Å². The maximum absolute atomic E-state index is 12.0. The van der Waals surface area contributed by atoms with E-state index < -0.39 is 10.0 Å². The van der Waals surface area contributed by atoms with Gasteiger partial charge >= 0.3 is 0 Å². The third kappa shape index (κ3) is 5.21. The molecule has 0 unspecified atom stereocenters. The summed E-state index contributed by atoms with van der Waals surface area (Å²) in [6.45, 7) is 0.218. The molecule has 23 heavy (non-hydrogen) atoms. The number of halogens is 2. The molecule has 0 fully saturated rings. The van der Waals surface area contributed by atoms with Gasteiger partial charge in [-0.1, -0.05) is 29.3 Å². The van der Waals surface area contributed by atoms with E-state index in [4.69, 9.17) is 23.2 Å². The highest BCUT2D eigenvalue weighted by Gasteiger charge is 2.13. The molecule has 0 saturated carbocycles. The number of carbonyl (C=O) groups excluding carboxylic acids is 1. The largest absolute Gasteiger partial charge is 0.351 e. The molecule has 0 spiro atoms. The molecule has 122 valence electrons. The quantitative estimate of drug-likeness (QED) is 0.765. The van der Waals surface area contributed by atoms with Crippen LogP contribution in [0.3, 0.4) is 0 Å². The van der Waals surface area contributed by atoms with Crippen molar-refractivity contribution in [3.63, 3.8) is 0 Å². The van der Waals surface area contributed by atoms with Crippen LogP contribution in [0.1, 0.15) is 10.4 Å². The Morgan fingerprint density at radius 3 is 2.30 bits per heavy atom. The Bertz CT molecular complexity index is 793. The lowest BCUT2D eigenvalue weighted by Gasteiger charge is -2.08. The predicted molar refractivity (Wildman–Crippen MR) is 90.4 cm³/mol. The van der Waals surface area contributed by atoms with Gasteiger partial charge in [0.25, 0.3) is 5.91 Å². The molecule has 0 heterocycles. The minimum atomic E-state index is -3.65. The highest BCUT2D eigenvalue weighted by Crippen LogP contribution is 2.14. The Morgan fingerprint density at radius 2 is 1.65 bits per heavy atom. The van der Waals surface area contributed by atoms with Gasteiger partial charge in [0.05, 0.1) is 4.90 Å². The van der Waals surface area contributed by atoms with Gasteiger partial charge < -0.3 is 5.32 Å². The van der Waals surface area contributed by atoms with Crippen molar-refractivity contribution in [3.05, 3.63) is 64.1 Å². The normalized spacial score (nSPS) is 11.2. The fraction of sp³-hybridized carbons (Fsp3) is 0.133. The van der Waals surface area contributed by atoms with Gasteiger partial charge in [-0.2, -0.15) is 0 Å². The van der Waals surface area contributed by atoms with E-state index in [2.05, 4.69) is 10.0 Å². The van der Waals surface area contributed by atoms with Gasteiger partial charge in [0, 0.05) is 28.7 Å². The molecule has 2 aromatic carbocycles. The Balaban J connectivity index is 1.85. The maximum Gasteiger partial charge on any atom is 0.251 e. The highest BCUT2D eigenvalue weighted by molar-refractivity contribution is 7.89. The van der Waals surface area contributed by atoms with Crippen LogP contribution in [0, 0.1) is 0 Å². The fourth-order valence-electron chi connectivity index (χ4n) is 1.78. The molecule has 5 nitrogen and oxygen atoms in total. The molecule has 0 aliphatic heterocycles. The molecular weight excluding hydrogens is 359 g/mol. The van der Waals surface area contributed by atoms with Gasteiger partial charge in [0.1, 0.15) is 0 Å². The molecular formula is C15H14Cl2N2O3S. The first-order valence-corrected chi connectivity index (χ1v) is 8.91. The van der Waals surface area contributed by atoms with Gasteiger partial charge in [-0.05, 0) is 42.5 Å². The van der Waals surface area contributed by atoms with Gasteiger partial charge in [0.2, 0.25) is 10.0 Å². The monoisotopic (exact) mass is 372 g/mol. The standard InChI is InChI=1S/C15H14Cl2N2O3S/c16-12-6-4-11(5-7-12)15(20)18-8-9-19-23(21,22)14-3-1-2-13(17)10-14/h1-7,10,19H,8-9H2,(H,18,20). The van der Waals surface area contributed by atoms with Crippen molar-refractivity contribution in [1.82, 2.24) is 10.0 Å². The molecule has 0 bridgehead atoms. The lowest BCUT2D eigenvalue weighted by atomic mass is 10.2.